The minimum Gasteiger partial charge on any atom is -0.238 e. The van der Waals surface area contributed by atoms with Gasteiger partial charge in [0.2, 0.25) is 0 Å². The average Bonchev–Trinajstić information content (AvgIpc) is 0.793. The zero-order chi connectivity index (χ0) is 92.9. The Morgan fingerprint density at radius 1 is 0.159 bits per heavy atom. The van der Waals surface area contributed by atoms with Crippen LogP contribution in [0.4, 0.5) is 5.69 Å². The highest BCUT2D eigenvalue weighted by molar-refractivity contribution is 6.01. The van der Waals surface area contributed by atoms with Crippen molar-refractivity contribution in [3.05, 3.63) is 508 Å². The zero-order valence-corrected chi connectivity index (χ0v) is 74.6. The molecule has 0 spiro atoms. The number of aromatic nitrogens is 9. The number of rotatable bonds is 17. The van der Waals surface area contributed by atoms with Crippen LogP contribution >= 0.6 is 0 Å². The molecule has 0 unspecified atom stereocenters. The summed E-state index contributed by atoms with van der Waals surface area (Å²) in [6, 6.07) is 169. The van der Waals surface area contributed by atoms with E-state index in [4.69, 9.17) is 56.7 Å². The van der Waals surface area contributed by atoms with Crippen molar-refractivity contribution in [3.63, 3.8) is 0 Å². The first kappa shape index (κ1) is 85.5. The molecular formula is C126H80N12. The molecule has 0 amide bonds. The van der Waals surface area contributed by atoms with Gasteiger partial charge in [0.25, 0.3) is 0 Å². The van der Waals surface area contributed by atoms with Gasteiger partial charge in [0.15, 0.2) is 58.1 Å². The van der Waals surface area contributed by atoms with E-state index in [1.54, 1.807) is 0 Å². The second-order valence-corrected chi connectivity index (χ2v) is 33.3. The predicted molar refractivity (Wildman–Crippen MR) is 560 cm³/mol. The quantitative estimate of drug-likeness (QED) is 0.0796. The van der Waals surface area contributed by atoms with Crippen LogP contribution in [0.1, 0.15) is 11.1 Å². The SMILES string of the molecule is N#Cc1ccc(-c2ccc3cc(-c4ccc(-c5nc(-c6ccccc6)nc(-c6ccccc6)n5)cc4)ccc3c2)cc1.N#Cc1cccc(-c2ccc(-c3cccc4cc(-c5ccc(-c6nc(-c7ccccc7)nc(-c7ccccc7)n6)cc5)ccc34)cc2)c1.[C-]#[N+]c1ccccc1-c1ccc(-c2cccc3cc(-c4ccc(-c5nc(-c6ccccc6)nc(-c6ccccc6)n5)cc4)ccc23)cc1. The van der Waals surface area contributed by atoms with Gasteiger partial charge in [-0.3, -0.25) is 0 Å². The number of nitrogens with zero attached hydrogens (tertiary/aromatic N) is 12. The van der Waals surface area contributed by atoms with Crippen LogP contribution in [0.5, 0.6) is 0 Å². The van der Waals surface area contributed by atoms with Gasteiger partial charge in [-0.05, 0) is 170 Å². The van der Waals surface area contributed by atoms with Crippen molar-refractivity contribution < 1.29 is 0 Å². The van der Waals surface area contributed by atoms with Gasteiger partial charge in [-0.1, -0.05) is 437 Å². The van der Waals surface area contributed by atoms with Crippen LogP contribution in [0.3, 0.4) is 0 Å². The number of benzene rings is 20. The fraction of sp³-hybridized carbons (Fsp3) is 0. The zero-order valence-electron chi connectivity index (χ0n) is 74.6. The largest absolute Gasteiger partial charge is 0.238 e. The minimum atomic E-state index is 0.640. The maximum Gasteiger partial charge on any atom is 0.194 e. The van der Waals surface area contributed by atoms with E-state index in [1.807, 2.05) is 255 Å². The van der Waals surface area contributed by atoms with E-state index in [0.29, 0.717) is 69.2 Å². The lowest BCUT2D eigenvalue weighted by Gasteiger charge is -2.11. The number of para-hydroxylation sites is 1. The summed E-state index contributed by atoms with van der Waals surface area (Å²) in [6.07, 6.45) is 0. The Labute approximate surface area is 799 Å². The summed E-state index contributed by atoms with van der Waals surface area (Å²) >= 11 is 0. The van der Waals surface area contributed by atoms with Crippen molar-refractivity contribution >= 4 is 38.0 Å². The molecule has 0 fully saturated rings. The molecule has 0 aliphatic heterocycles. The standard InChI is InChI=1S/2C44H28N4.C38H24N4/c1-45-41-18-9-8-16-40(41)32-23-21-31(22-24-32)38-17-10-15-37-29-36(27-28-39(37)38)30-19-25-35(26-20-30)44-47-42(33-11-4-2-5-12-33)46-43(48-44)34-13-6-3-7-14-34;45-29-30-9-7-14-37(27-30)31-17-21-33(22-18-31)40-16-8-15-39-28-38(25-26-41(39)40)32-19-23-36(24-20-32)44-47-42(34-10-3-1-4-11-34)46-43(48-44)35-12-5-2-6-13-35;39-25-26-11-13-27(14-12-26)32-19-21-35-24-33(20-22-34(35)23-32)28-15-17-31(18-16-28)38-41-36(29-7-3-1-4-8-29)40-37(42-38)30-9-5-2-6-10-30/h2-29H;1-28H;1-24H. The molecule has 0 saturated carbocycles. The number of fused-ring (bicyclic) bond motifs is 3. The van der Waals surface area contributed by atoms with Crippen LogP contribution in [-0.4, -0.2) is 44.9 Å². The first-order chi connectivity index (χ1) is 68.2. The minimum absolute atomic E-state index is 0.640. The lowest BCUT2D eigenvalue weighted by molar-refractivity contribution is 1.07. The summed E-state index contributed by atoms with van der Waals surface area (Å²) in [5.74, 6) is 5.82. The normalized spacial score (nSPS) is 10.9. The van der Waals surface area contributed by atoms with Crippen LogP contribution in [0.15, 0.2) is 485 Å². The van der Waals surface area contributed by atoms with Crippen molar-refractivity contribution in [2.45, 2.75) is 0 Å². The van der Waals surface area contributed by atoms with Crippen molar-refractivity contribution in [1.29, 1.82) is 10.5 Å². The summed E-state index contributed by atoms with van der Waals surface area (Å²) in [7, 11) is 0. The monoisotopic (exact) mass is 1760 g/mol. The molecule has 0 radical (unpaired) electrons. The number of nitriles is 2. The Hall–Kier alpha value is -19.3. The Morgan fingerprint density at radius 3 is 0.681 bits per heavy atom. The van der Waals surface area contributed by atoms with E-state index in [9.17, 15) is 5.26 Å². The molecule has 12 nitrogen and oxygen atoms in total. The topological polar surface area (TPSA) is 168 Å². The van der Waals surface area contributed by atoms with Crippen molar-refractivity contribution in [3.8, 4) is 204 Å². The predicted octanol–water partition coefficient (Wildman–Crippen LogP) is 31.7. The molecule has 138 heavy (non-hydrogen) atoms. The van der Waals surface area contributed by atoms with Gasteiger partial charge in [0.05, 0.1) is 29.8 Å². The summed E-state index contributed by atoms with van der Waals surface area (Å²) in [6.45, 7) is 7.52. The summed E-state index contributed by atoms with van der Waals surface area (Å²) in [4.78, 5) is 47.3. The third-order valence-corrected chi connectivity index (χ3v) is 24.5. The first-order valence-corrected chi connectivity index (χ1v) is 45.4. The molecule has 23 aromatic rings. The molecule has 0 atom stereocenters. The first-order valence-electron chi connectivity index (χ1n) is 45.4. The molecule has 0 aliphatic rings. The molecular weight excluding hydrogens is 1680 g/mol. The Morgan fingerprint density at radius 2 is 0.377 bits per heavy atom. The van der Waals surface area contributed by atoms with Crippen molar-refractivity contribution in [2.75, 3.05) is 0 Å². The maximum absolute atomic E-state index is 9.29. The number of hydrogen-bond donors (Lipinski definition) is 0. The van der Waals surface area contributed by atoms with Gasteiger partial charge in [0.1, 0.15) is 0 Å². The molecule has 12 heteroatoms. The average molecular weight is 1760 g/mol. The molecule has 23 rings (SSSR count). The van der Waals surface area contributed by atoms with E-state index >= 15 is 0 Å². The molecule has 0 aliphatic carbocycles. The molecule has 3 heterocycles. The third kappa shape index (κ3) is 18.9. The summed E-state index contributed by atoms with van der Waals surface area (Å²) in [5, 5.41) is 25.5. The molecule has 3 aromatic heterocycles. The van der Waals surface area contributed by atoms with E-state index < -0.39 is 0 Å². The summed E-state index contributed by atoms with van der Waals surface area (Å²) in [5.41, 5.74) is 28.3. The molecule has 644 valence electrons. The Balaban J connectivity index is 0.000000124. The van der Waals surface area contributed by atoms with Gasteiger partial charge in [-0.15, -0.1) is 0 Å². The van der Waals surface area contributed by atoms with Crippen LogP contribution in [-0.2, 0) is 0 Å². The van der Waals surface area contributed by atoms with Crippen molar-refractivity contribution in [1.82, 2.24) is 44.9 Å². The van der Waals surface area contributed by atoms with E-state index in [0.717, 1.165) is 128 Å². The van der Waals surface area contributed by atoms with Gasteiger partial charge < -0.3 is 0 Å². The molecule has 20 aromatic carbocycles. The maximum atomic E-state index is 9.29. The smallest absolute Gasteiger partial charge is 0.194 e. The highest BCUT2D eigenvalue weighted by Crippen LogP contribution is 2.41. The van der Waals surface area contributed by atoms with E-state index in [2.05, 4.69) is 248 Å². The van der Waals surface area contributed by atoms with Crippen LogP contribution < -0.4 is 0 Å². The fourth-order valence-electron chi connectivity index (χ4n) is 17.3. The molecule has 0 saturated heterocycles. The van der Waals surface area contributed by atoms with Gasteiger partial charge in [-0.2, -0.15) is 10.5 Å². The second-order valence-electron chi connectivity index (χ2n) is 33.3. The highest BCUT2D eigenvalue weighted by Gasteiger charge is 2.20. The van der Waals surface area contributed by atoms with Crippen LogP contribution in [0, 0.1) is 29.2 Å². The highest BCUT2D eigenvalue weighted by atomic mass is 15.1. The lowest BCUT2D eigenvalue weighted by Crippen LogP contribution is -2.00. The van der Waals surface area contributed by atoms with E-state index in [1.165, 1.54) is 43.4 Å². The summed E-state index contributed by atoms with van der Waals surface area (Å²) < 4.78 is 0. The Kier molecular flexibility index (Phi) is 24.4. The molecule has 0 bridgehead atoms. The van der Waals surface area contributed by atoms with Gasteiger partial charge in [-0.25, -0.2) is 49.7 Å². The molecule has 0 N–H and O–H groups in total. The second kappa shape index (κ2) is 39.4. The van der Waals surface area contributed by atoms with E-state index in [-0.39, 0.29) is 0 Å². The van der Waals surface area contributed by atoms with Crippen LogP contribution in [0.2, 0.25) is 0 Å². The van der Waals surface area contributed by atoms with Crippen molar-refractivity contribution in [2.24, 2.45) is 0 Å². The van der Waals surface area contributed by atoms with Gasteiger partial charge >= 0.3 is 0 Å². The fourth-order valence-corrected chi connectivity index (χ4v) is 17.3. The number of hydrogen-bond acceptors (Lipinski definition) is 11. The third-order valence-electron chi connectivity index (χ3n) is 24.5. The van der Waals surface area contributed by atoms with Crippen LogP contribution in [0.25, 0.3) is 229 Å². The lowest BCUT2D eigenvalue weighted by atomic mass is 9.94. The van der Waals surface area contributed by atoms with Gasteiger partial charge in [0, 0.05) is 50.1 Å². The Bertz CT molecular complexity index is 8340.